The maximum absolute atomic E-state index is 12.1. The van der Waals surface area contributed by atoms with Gasteiger partial charge >= 0.3 is 0 Å². The number of carbonyl (C=O) groups is 1. The Morgan fingerprint density at radius 2 is 2.00 bits per heavy atom. The molecule has 0 radical (unpaired) electrons. The average Bonchev–Trinajstić information content (AvgIpc) is 2.37. The second-order valence-electron chi connectivity index (χ2n) is 5.25. The fourth-order valence-corrected chi connectivity index (χ4v) is 2.28. The fraction of sp³-hybridized carbons (Fsp3) is 0.500. The minimum absolute atomic E-state index is 0.0236. The summed E-state index contributed by atoms with van der Waals surface area (Å²) in [4.78, 5) is 14.2. The molecule has 0 aliphatic carbocycles. The lowest BCUT2D eigenvalue weighted by molar-refractivity contribution is 0.0934. The van der Waals surface area contributed by atoms with Crippen LogP contribution in [0.3, 0.4) is 0 Å². The van der Waals surface area contributed by atoms with Gasteiger partial charge in [0.05, 0.1) is 11.4 Å². The Labute approximate surface area is 114 Å². The zero-order valence-corrected chi connectivity index (χ0v) is 11.8. The number of benzene rings is 1. The number of carbonyl (C=O) groups excluding carboxylic acids is 1. The molecular formula is C14H22N4O. The molecule has 1 aromatic rings. The van der Waals surface area contributed by atoms with Gasteiger partial charge in [0.1, 0.15) is 0 Å². The largest absolute Gasteiger partial charge is 0.382 e. The number of anilines is 2. The molecule has 1 heterocycles. The van der Waals surface area contributed by atoms with E-state index in [0.29, 0.717) is 5.56 Å². The molecule has 1 amide bonds. The van der Waals surface area contributed by atoms with Gasteiger partial charge in [0.2, 0.25) is 0 Å². The first-order valence-electron chi connectivity index (χ1n) is 6.63. The molecule has 1 aliphatic rings. The lowest BCUT2D eigenvalue weighted by atomic mass is 10.1. The zero-order valence-electron chi connectivity index (χ0n) is 11.8. The fourth-order valence-electron chi connectivity index (χ4n) is 2.28. The Morgan fingerprint density at radius 1 is 1.32 bits per heavy atom. The number of fused-ring (bicyclic) bond motifs is 1. The summed E-state index contributed by atoms with van der Waals surface area (Å²) >= 11 is 0. The summed E-state index contributed by atoms with van der Waals surface area (Å²) in [7, 11) is 3.99. The van der Waals surface area contributed by atoms with Crippen LogP contribution in [0.2, 0.25) is 0 Å². The Kier molecular flexibility index (Phi) is 4.27. The Balaban J connectivity index is 2.03. The molecular weight excluding hydrogens is 240 g/mol. The van der Waals surface area contributed by atoms with Crippen molar-refractivity contribution in [3.05, 3.63) is 23.8 Å². The highest BCUT2D eigenvalue weighted by molar-refractivity contribution is 5.96. The van der Waals surface area contributed by atoms with Crippen molar-refractivity contribution in [3.63, 3.8) is 0 Å². The predicted molar refractivity (Wildman–Crippen MR) is 78.9 cm³/mol. The summed E-state index contributed by atoms with van der Waals surface area (Å²) in [6, 6.07) is 5.84. The van der Waals surface area contributed by atoms with Crippen LogP contribution in [0, 0.1) is 0 Å². The topological polar surface area (TPSA) is 56.4 Å². The maximum atomic E-state index is 12.1. The van der Waals surface area contributed by atoms with Crippen LogP contribution >= 0.6 is 0 Å². The summed E-state index contributed by atoms with van der Waals surface area (Å²) in [5.74, 6) is -0.0236. The number of likely N-dealkylation sites (N-methyl/N-ethyl adjacent to an activating group) is 1. The van der Waals surface area contributed by atoms with E-state index in [1.807, 2.05) is 39.2 Å². The summed E-state index contributed by atoms with van der Waals surface area (Å²) in [6.07, 6.45) is 0. The van der Waals surface area contributed by atoms with Crippen molar-refractivity contribution in [3.8, 4) is 0 Å². The second-order valence-corrected chi connectivity index (χ2v) is 5.25. The molecule has 1 atom stereocenters. The molecule has 5 nitrogen and oxygen atoms in total. The van der Waals surface area contributed by atoms with E-state index in [9.17, 15) is 4.79 Å². The molecule has 0 spiro atoms. The second kappa shape index (κ2) is 5.93. The SMILES string of the molecule is CC(CN(C)C)NC(=O)c1ccc2c(c1)NCCN2. The molecule has 1 unspecified atom stereocenters. The molecule has 2 rings (SSSR count). The van der Waals surface area contributed by atoms with Crippen LogP contribution in [0.1, 0.15) is 17.3 Å². The van der Waals surface area contributed by atoms with Crippen LogP contribution in [0.25, 0.3) is 0 Å². The molecule has 1 aliphatic heterocycles. The van der Waals surface area contributed by atoms with E-state index >= 15 is 0 Å². The summed E-state index contributed by atoms with van der Waals surface area (Å²) in [5, 5.41) is 9.59. The van der Waals surface area contributed by atoms with Crippen molar-refractivity contribution in [2.75, 3.05) is 44.4 Å². The summed E-state index contributed by atoms with van der Waals surface area (Å²) < 4.78 is 0. The first kappa shape index (κ1) is 13.7. The number of nitrogens with one attached hydrogen (secondary N) is 3. The van der Waals surface area contributed by atoms with Crippen molar-refractivity contribution >= 4 is 17.3 Å². The smallest absolute Gasteiger partial charge is 0.251 e. The summed E-state index contributed by atoms with van der Waals surface area (Å²) in [5.41, 5.74) is 2.75. The summed E-state index contributed by atoms with van der Waals surface area (Å²) in [6.45, 7) is 4.64. The van der Waals surface area contributed by atoms with Crippen LogP contribution < -0.4 is 16.0 Å². The molecule has 0 aromatic heterocycles. The van der Waals surface area contributed by atoms with Crippen molar-refractivity contribution in [1.82, 2.24) is 10.2 Å². The quantitative estimate of drug-likeness (QED) is 0.763. The third-order valence-electron chi connectivity index (χ3n) is 3.05. The van der Waals surface area contributed by atoms with Gasteiger partial charge in [-0.25, -0.2) is 0 Å². The van der Waals surface area contributed by atoms with E-state index < -0.39 is 0 Å². The molecule has 19 heavy (non-hydrogen) atoms. The third kappa shape index (κ3) is 3.61. The van der Waals surface area contributed by atoms with Gasteiger partial charge in [-0.15, -0.1) is 0 Å². The number of nitrogens with zero attached hydrogens (tertiary/aromatic N) is 1. The molecule has 0 saturated carbocycles. The molecule has 1 aromatic carbocycles. The van der Waals surface area contributed by atoms with Gasteiger partial charge in [0.25, 0.3) is 5.91 Å². The van der Waals surface area contributed by atoms with Crippen LogP contribution in [-0.4, -0.2) is 50.6 Å². The first-order chi connectivity index (χ1) is 9.06. The van der Waals surface area contributed by atoms with Crippen molar-refractivity contribution in [2.24, 2.45) is 0 Å². The van der Waals surface area contributed by atoms with Gasteiger partial charge in [-0.2, -0.15) is 0 Å². The highest BCUT2D eigenvalue weighted by Crippen LogP contribution is 2.25. The molecule has 0 saturated heterocycles. The van der Waals surface area contributed by atoms with E-state index in [1.165, 1.54) is 0 Å². The lowest BCUT2D eigenvalue weighted by Crippen LogP contribution is -2.39. The Morgan fingerprint density at radius 3 is 2.68 bits per heavy atom. The van der Waals surface area contributed by atoms with Crippen molar-refractivity contribution < 1.29 is 4.79 Å². The number of amides is 1. The normalized spacial score (nSPS) is 15.2. The van der Waals surface area contributed by atoms with Crippen LogP contribution in [0.5, 0.6) is 0 Å². The Hall–Kier alpha value is -1.75. The molecule has 0 fully saturated rings. The van der Waals surface area contributed by atoms with Gasteiger partial charge in [0, 0.05) is 31.2 Å². The minimum Gasteiger partial charge on any atom is -0.382 e. The highest BCUT2D eigenvalue weighted by atomic mass is 16.1. The number of hydrogen-bond acceptors (Lipinski definition) is 4. The van der Waals surface area contributed by atoms with Gasteiger partial charge in [-0.05, 0) is 39.2 Å². The van der Waals surface area contributed by atoms with Crippen molar-refractivity contribution in [1.29, 1.82) is 0 Å². The lowest BCUT2D eigenvalue weighted by Gasteiger charge is -2.21. The van der Waals surface area contributed by atoms with Gasteiger partial charge in [-0.1, -0.05) is 0 Å². The first-order valence-corrected chi connectivity index (χ1v) is 6.63. The minimum atomic E-state index is -0.0236. The van der Waals surface area contributed by atoms with E-state index in [1.54, 1.807) is 0 Å². The maximum Gasteiger partial charge on any atom is 0.251 e. The predicted octanol–water partition coefficient (Wildman–Crippen LogP) is 1.20. The third-order valence-corrected chi connectivity index (χ3v) is 3.05. The number of rotatable bonds is 4. The molecule has 3 N–H and O–H groups in total. The van der Waals surface area contributed by atoms with Crippen molar-refractivity contribution in [2.45, 2.75) is 13.0 Å². The number of hydrogen-bond donors (Lipinski definition) is 3. The van der Waals surface area contributed by atoms with Gasteiger partial charge in [-0.3, -0.25) is 4.79 Å². The average molecular weight is 262 g/mol. The molecule has 104 valence electrons. The van der Waals surface area contributed by atoms with Gasteiger partial charge in [0.15, 0.2) is 0 Å². The van der Waals surface area contributed by atoms with Crippen LogP contribution in [0.4, 0.5) is 11.4 Å². The zero-order chi connectivity index (χ0) is 13.8. The van der Waals surface area contributed by atoms with E-state index in [2.05, 4.69) is 20.9 Å². The van der Waals surface area contributed by atoms with Gasteiger partial charge < -0.3 is 20.9 Å². The van der Waals surface area contributed by atoms with Crippen LogP contribution in [0.15, 0.2) is 18.2 Å². The monoisotopic (exact) mass is 262 g/mol. The van der Waals surface area contributed by atoms with E-state index in [0.717, 1.165) is 31.0 Å². The molecule has 5 heteroatoms. The Bertz CT molecular complexity index is 459. The standard InChI is InChI=1S/C14H22N4O/c1-10(9-18(2)3)17-14(19)11-4-5-12-13(8-11)16-7-6-15-12/h4-5,8,10,15-16H,6-7,9H2,1-3H3,(H,17,19). The van der Waals surface area contributed by atoms with E-state index in [-0.39, 0.29) is 11.9 Å². The molecule has 0 bridgehead atoms. The van der Waals surface area contributed by atoms with E-state index in [4.69, 9.17) is 0 Å². The highest BCUT2D eigenvalue weighted by Gasteiger charge is 2.14. The van der Waals surface area contributed by atoms with Crippen LogP contribution in [-0.2, 0) is 0 Å².